The summed E-state index contributed by atoms with van der Waals surface area (Å²) in [5, 5.41) is 0. The zero-order valence-electron chi connectivity index (χ0n) is 10.3. The number of hydrogen-bond donors (Lipinski definition) is 0. The van der Waals surface area contributed by atoms with Crippen LogP contribution in [0, 0.1) is 0 Å². The van der Waals surface area contributed by atoms with Crippen molar-refractivity contribution >= 4 is 5.78 Å². The SMILES string of the molecule is CC(=O)CC(C)N1CCN(CC(F)(F)F)CC1. The third-order valence-corrected chi connectivity index (χ3v) is 3.02. The van der Waals surface area contributed by atoms with Crippen molar-refractivity contribution < 1.29 is 18.0 Å². The number of piperazine rings is 1. The highest BCUT2D eigenvalue weighted by Gasteiger charge is 2.32. The second-order valence-corrected chi connectivity index (χ2v) is 4.68. The quantitative estimate of drug-likeness (QED) is 0.758. The summed E-state index contributed by atoms with van der Waals surface area (Å²) in [5.74, 6) is 0.121. The van der Waals surface area contributed by atoms with E-state index < -0.39 is 12.7 Å². The van der Waals surface area contributed by atoms with Crippen LogP contribution in [0.3, 0.4) is 0 Å². The predicted molar refractivity (Wildman–Crippen MR) is 58.8 cm³/mol. The van der Waals surface area contributed by atoms with E-state index in [4.69, 9.17) is 0 Å². The minimum atomic E-state index is -4.12. The van der Waals surface area contributed by atoms with E-state index in [0.29, 0.717) is 32.6 Å². The molecular weight excluding hydrogens is 233 g/mol. The molecule has 0 saturated carbocycles. The number of carbonyl (C=O) groups is 1. The van der Waals surface area contributed by atoms with Gasteiger partial charge in [-0.05, 0) is 13.8 Å². The molecule has 1 unspecified atom stereocenters. The first-order chi connectivity index (χ1) is 7.78. The summed E-state index contributed by atoms with van der Waals surface area (Å²) < 4.78 is 36.5. The van der Waals surface area contributed by atoms with Crippen molar-refractivity contribution in [3.63, 3.8) is 0 Å². The Hall–Kier alpha value is -0.620. The van der Waals surface area contributed by atoms with Crippen molar-refractivity contribution in [1.82, 2.24) is 9.80 Å². The lowest BCUT2D eigenvalue weighted by atomic mass is 10.1. The number of carbonyl (C=O) groups excluding carboxylic acids is 1. The fourth-order valence-corrected chi connectivity index (χ4v) is 2.16. The molecule has 1 aliphatic rings. The van der Waals surface area contributed by atoms with Gasteiger partial charge in [0.25, 0.3) is 0 Å². The molecule has 0 N–H and O–H groups in total. The van der Waals surface area contributed by atoms with Crippen molar-refractivity contribution in [3.05, 3.63) is 0 Å². The molecular formula is C11H19F3N2O. The molecule has 0 aromatic carbocycles. The minimum absolute atomic E-state index is 0.121. The molecule has 1 rings (SSSR count). The van der Waals surface area contributed by atoms with Crippen LogP contribution in [-0.4, -0.2) is 60.5 Å². The van der Waals surface area contributed by atoms with Crippen LogP contribution in [0.5, 0.6) is 0 Å². The van der Waals surface area contributed by atoms with Crippen LogP contribution in [0.1, 0.15) is 20.3 Å². The van der Waals surface area contributed by atoms with E-state index in [2.05, 4.69) is 4.90 Å². The summed E-state index contributed by atoms with van der Waals surface area (Å²) in [5.41, 5.74) is 0. The molecule has 6 heteroatoms. The van der Waals surface area contributed by atoms with Crippen LogP contribution >= 0.6 is 0 Å². The molecule has 0 bridgehead atoms. The fourth-order valence-electron chi connectivity index (χ4n) is 2.16. The lowest BCUT2D eigenvalue weighted by Crippen LogP contribution is -2.51. The summed E-state index contributed by atoms with van der Waals surface area (Å²) in [7, 11) is 0. The zero-order chi connectivity index (χ0) is 13.1. The monoisotopic (exact) mass is 252 g/mol. The van der Waals surface area contributed by atoms with Crippen molar-refractivity contribution in [3.8, 4) is 0 Å². The molecule has 1 heterocycles. The molecule has 1 fully saturated rings. The van der Waals surface area contributed by atoms with Gasteiger partial charge in [0.2, 0.25) is 0 Å². The molecule has 0 aliphatic carbocycles. The molecule has 100 valence electrons. The molecule has 0 amide bonds. The number of hydrogen-bond acceptors (Lipinski definition) is 3. The highest BCUT2D eigenvalue weighted by Crippen LogP contribution is 2.18. The number of ketones is 1. The zero-order valence-corrected chi connectivity index (χ0v) is 10.3. The van der Waals surface area contributed by atoms with Gasteiger partial charge in [0, 0.05) is 38.6 Å². The van der Waals surface area contributed by atoms with E-state index in [1.165, 1.54) is 11.8 Å². The maximum absolute atomic E-state index is 12.2. The number of halogens is 3. The Kier molecular flexibility index (Phi) is 4.94. The Morgan fingerprint density at radius 3 is 2.18 bits per heavy atom. The van der Waals surface area contributed by atoms with E-state index >= 15 is 0 Å². The summed E-state index contributed by atoms with van der Waals surface area (Å²) in [6.45, 7) is 4.69. The van der Waals surface area contributed by atoms with Crippen LogP contribution in [0.2, 0.25) is 0 Å². The van der Waals surface area contributed by atoms with Crippen LogP contribution in [0.25, 0.3) is 0 Å². The van der Waals surface area contributed by atoms with Gasteiger partial charge in [0.1, 0.15) is 5.78 Å². The van der Waals surface area contributed by atoms with Gasteiger partial charge >= 0.3 is 6.18 Å². The lowest BCUT2D eigenvalue weighted by Gasteiger charge is -2.38. The van der Waals surface area contributed by atoms with Crippen LogP contribution in [0.15, 0.2) is 0 Å². The molecule has 3 nitrogen and oxygen atoms in total. The fraction of sp³-hybridized carbons (Fsp3) is 0.909. The number of alkyl halides is 3. The van der Waals surface area contributed by atoms with Crippen molar-refractivity contribution in [2.45, 2.75) is 32.5 Å². The maximum Gasteiger partial charge on any atom is 0.401 e. The number of rotatable bonds is 4. The number of Topliss-reactive ketones (excluding diaryl/α,β-unsaturated/α-hetero) is 1. The molecule has 1 atom stereocenters. The third-order valence-electron chi connectivity index (χ3n) is 3.02. The lowest BCUT2D eigenvalue weighted by molar-refractivity contribution is -0.149. The van der Waals surface area contributed by atoms with Crippen LogP contribution in [-0.2, 0) is 4.79 Å². The molecule has 1 saturated heterocycles. The van der Waals surface area contributed by atoms with E-state index in [1.807, 2.05) is 6.92 Å². The molecule has 1 aliphatic heterocycles. The largest absolute Gasteiger partial charge is 0.401 e. The molecule has 0 aromatic rings. The second kappa shape index (κ2) is 5.82. The first kappa shape index (κ1) is 14.4. The van der Waals surface area contributed by atoms with E-state index in [0.717, 1.165) is 0 Å². The Balaban J connectivity index is 2.33. The average molecular weight is 252 g/mol. The van der Waals surface area contributed by atoms with Gasteiger partial charge in [-0.25, -0.2) is 0 Å². The first-order valence-corrected chi connectivity index (χ1v) is 5.80. The summed E-state index contributed by atoms with van der Waals surface area (Å²) in [4.78, 5) is 14.5. The second-order valence-electron chi connectivity index (χ2n) is 4.68. The standard InChI is InChI=1S/C11H19F3N2O/c1-9(7-10(2)17)16-5-3-15(4-6-16)8-11(12,13)14/h9H,3-8H2,1-2H3. The van der Waals surface area contributed by atoms with Crippen LogP contribution in [0.4, 0.5) is 13.2 Å². The maximum atomic E-state index is 12.2. The van der Waals surface area contributed by atoms with E-state index in [-0.39, 0.29) is 11.8 Å². The Bertz CT molecular complexity index is 260. The minimum Gasteiger partial charge on any atom is -0.300 e. The van der Waals surface area contributed by atoms with Crippen LogP contribution < -0.4 is 0 Å². The van der Waals surface area contributed by atoms with E-state index in [1.54, 1.807) is 0 Å². The van der Waals surface area contributed by atoms with Gasteiger partial charge < -0.3 is 0 Å². The molecule has 17 heavy (non-hydrogen) atoms. The highest BCUT2D eigenvalue weighted by molar-refractivity contribution is 5.76. The van der Waals surface area contributed by atoms with Crippen molar-refractivity contribution in [2.75, 3.05) is 32.7 Å². The Morgan fingerprint density at radius 2 is 1.76 bits per heavy atom. The highest BCUT2D eigenvalue weighted by atomic mass is 19.4. The Labute approximate surface area is 99.6 Å². The van der Waals surface area contributed by atoms with Crippen molar-refractivity contribution in [2.24, 2.45) is 0 Å². The molecule has 0 aromatic heterocycles. The first-order valence-electron chi connectivity index (χ1n) is 5.80. The van der Waals surface area contributed by atoms with Crippen molar-refractivity contribution in [1.29, 1.82) is 0 Å². The smallest absolute Gasteiger partial charge is 0.300 e. The molecule has 0 radical (unpaired) electrons. The normalized spacial score (nSPS) is 21.5. The van der Waals surface area contributed by atoms with E-state index in [9.17, 15) is 18.0 Å². The summed E-state index contributed by atoms with van der Waals surface area (Å²) in [6.07, 6.45) is -3.65. The molecule has 0 spiro atoms. The van der Waals surface area contributed by atoms with Gasteiger partial charge in [-0.1, -0.05) is 0 Å². The topological polar surface area (TPSA) is 23.6 Å². The van der Waals surface area contributed by atoms with Gasteiger partial charge in [-0.15, -0.1) is 0 Å². The van der Waals surface area contributed by atoms with Gasteiger partial charge in [-0.3, -0.25) is 14.6 Å². The predicted octanol–water partition coefficient (Wildman–Crippen LogP) is 1.53. The van der Waals surface area contributed by atoms with Gasteiger partial charge in [0.15, 0.2) is 0 Å². The average Bonchev–Trinajstić information content (AvgIpc) is 2.15. The third kappa shape index (κ3) is 5.50. The number of nitrogens with zero attached hydrogens (tertiary/aromatic N) is 2. The Morgan fingerprint density at radius 1 is 1.24 bits per heavy atom. The summed E-state index contributed by atoms with van der Waals surface area (Å²) in [6, 6.07) is 0.125. The van der Waals surface area contributed by atoms with Gasteiger partial charge in [-0.2, -0.15) is 13.2 Å². The van der Waals surface area contributed by atoms with Gasteiger partial charge in [0.05, 0.1) is 6.54 Å². The summed E-state index contributed by atoms with van der Waals surface area (Å²) >= 11 is 0.